The second-order valence-corrected chi connectivity index (χ2v) is 8.74. The van der Waals surface area contributed by atoms with Crippen molar-refractivity contribution >= 4 is 29.3 Å². The fourth-order valence-corrected chi connectivity index (χ4v) is 4.42. The number of methoxy groups -OCH3 is 1. The van der Waals surface area contributed by atoms with E-state index >= 15 is 0 Å². The highest BCUT2D eigenvalue weighted by Crippen LogP contribution is 2.27. The molecule has 2 amide bonds. The molecule has 6 nitrogen and oxygen atoms in total. The zero-order valence-electron chi connectivity index (χ0n) is 18.2. The SMILES string of the molecule is COc1cccc(C(CNC(=O)CSCC(=O)Nc2cccc(C)c2)N2CCCC2)c1. The lowest BCUT2D eigenvalue weighted by Gasteiger charge is -2.28. The van der Waals surface area contributed by atoms with Crippen molar-refractivity contribution in [2.24, 2.45) is 0 Å². The van der Waals surface area contributed by atoms with Crippen molar-refractivity contribution in [3.8, 4) is 5.75 Å². The number of nitrogens with one attached hydrogen (secondary N) is 2. The van der Waals surface area contributed by atoms with Gasteiger partial charge in [-0.15, -0.1) is 11.8 Å². The van der Waals surface area contributed by atoms with Gasteiger partial charge in [-0.1, -0.05) is 24.3 Å². The van der Waals surface area contributed by atoms with Gasteiger partial charge in [0, 0.05) is 12.2 Å². The first-order chi connectivity index (χ1) is 15.0. The van der Waals surface area contributed by atoms with E-state index in [1.54, 1.807) is 7.11 Å². The van der Waals surface area contributed by atoms with Gasteiger partial charge >= 0.3 is 0 Å². The summed E-state index contributed by atoms with van der Waals surface area (Å²) in [5, 5.41) is 5.92. The first-order valence-corrected chi connectivity index (χ1v) is 11.8. The topological polar surface area (TPSA) is 70.7 Å². The Morgan fingerprint density at radius 1 is 1.06 bits per heavy atom. The molecular weight excluding hydrogens is 410 g/mol. The zero-order chi connectivity index (χ0) is 22.1. The average Bonchev–Trinajstić information content (AvgIpc) is 3.28. The van der Waals surface area contributed by atoms with Crippen LogP contribution in [0.5, 0.6) is 5.75 Å². The van der Waals surface area contributed by atoms with Gasteiger partial charge in [0.15, 0.2) is 0 Å². The molecule has 1 fully saturated rings. The van der Waals surface area contributed by atoms with E-state index in [0.29, 0.717) is 6.54 Å². The molecule has 3 rings (SSSR count). The van der Waals surface area contributed by atoms with Crippen LogP contribution in [0.1, 0.15) is 30.0 Å². The van der Waals surface area contributed by atoms with Gasteiger partial charge in [-0.25, -0.2) is 0 Å². The predicted octanol–water partition coefficient (Wildman–Crippen LogP) is 3.63. The molecule has 31 heavy (non-hydrogen) atoms. The van der Waals surface area contributed by atoms with Crippen molar-refractivity contribution < 1.29 is 14.3 Å². The number of thioether (sulfide) groups is 1. The number of carbonyl (C=O) groups excluding carboxylic acids is 2. The van der Waals surface area contributed by atoms with Crippen molar-refractivity contribution in [1.29, 1.82) is 0 Å². The first kappa shape index (κ1) is 23.2. The smallest absolute Gasteiger partial charge is 0.234 e. The molecule has 1 aliphatic heterocycles. The fraction of sp³-hybridized carbons (Fsp3) is 0.417. The van der Waals surface area contributed by atoms with Crippen molar-refractivity contribution in [2.45, 2.75) is 25.8 Å². The van der Waals surface area contributed by atoms with Crippen molar-refractivity contribution in [3.63, 3.8) is 0 Å². The highest BCUT2D eigenvalue weighted by Gasteiger charge is 2.24. The van der Waals surface area contributed by atoms with Crippen LogP contribution >= 0.6 is 11.8 Å². The second kappa shape index (κ2) is 11.8. The van der Waals surface area contributed by atoms with Gasteiger partial charge < -0.3 is 15.4 Å². The van der Waals surface area contributed by atoms with Crippen LogP contribution in [-0.4, -0.2) is 55.0 Å². The van der Waals surface area contributed by atoms with Crippen LogP contribution in [0, 0.1) is 6.92 Å². The van der Waals surface area contributed by atoms with Crippen LogP contribution < -0.4 is 15.4 Å². The lowest BCUT2D eigenvalue weighted by molar-refractivity contribution is -0.118. The average molecular weight is 442 g/mol. The normalized spacial score (nSPS) is 14.8. The summed E-state index contributed by atoms with van der Waals surface area (Å²) in [5.41, 5.74) is 3.02. The minimum atomic E-state index is -0.102. The van der Waals surface area contributed by atoms with Gasteiger partial charge in [0.05, 0.1) is 24.7 Å². The van der Waals surface area contributed by atoms with Crippen molar-refractivity contribution in [3.05, 3.63) is 59.7 Å². The Labute approximate surface area is 188 Å². The molecule has 1 aliphatic rings. The van der Waals surface area contributed by atoms with Crippen LogP contribution in [0.4, 0.5) is 5.69 Å². The maximum absolute atomic E-state index is 12.4. The van der Waals surface area contributed by atoms with Gasteiger partial charge in [0.1, 0.15) is 5.75 Å². The summed E-state index contributed by atoms with van der Waals surface area (Å²) in [6.45, 7) is 4.59. The molecule has 0 bridgehead atoms. The van der Waals surface area contributed by atoms with Gasteiger partial charge in [-0.05, 0) is 68.2 Å². The molecule has 166 valence electrons. The van der Waals surface area contributed by atoms with Crippen molar-refractivity contribution in [1.82, 2.24) is 10.2 Å². The van der Waals surface area contributed by atoms with Crippen molar-refractivity contribution in [2.75, 3.05) is 43.6 Å². The number of aryl methyl sites for hydroxylation is 1. The highest BCUT2D eigenvalue weighted by molar-refractivity contribution is 8.00. The zero-order valence-corrected chi connectivity index (χ0v) is 19.0. The fourth-order valence-electron chi connectivity index (χ4n) is 3.78. The Morgan fingerprint density at radius 3 is 2.55 bits per heavy atom. The van der Waals surface area contributed by atoms with E-state index in [1.165, 1.54) is 24.6 Å². The summed E-state index contributed by atoms with van der Waals surface area (Å²) in [4.78, 5) is 26.9. The molecule has 7 heteroatoms. The molecule has 1 saturated heterocycles. The van der Waals surface area contributed by atoms with Gasteiger partial charge in [0.25, 0.3) is 0 Å². The molecule has 0 aromatic heterocycles. The Morgan fingerprint density at radius 2 is 1.81 bits per heavy atom. The number of likely N-dealkylation sites (tertiary alicyclic amines) is 1. The summed E-state index contributed by atoms with van der Waals surface area (Å²) in [5.74, 6) is 1.16. The van der Waals surface area contributed by atoms with E-state index in [-0.39, 0.29) is 29.4 Å². The number of rotatable bonds is 10. The number of ether oxygens (including phenoxy) is 1. The molecule has 1 unspecified atom stereocenters. The number of nitrogens with zero attached hydrogens (tertiary/aromatic N) is 1. The Balaban J connectivity index is 1.46. The third-order valence-corrected chi connectivity index (χ3v) is 6.25. The number of carbonyl (C=O) groups is 2. The largest absolute Gasteiger partial charge is 0.497 e. The van der Waals surface area contributed by atoms with E-state index in [4.69, 9.17) is 4.74 Å². The molecule has 1 atom stereocenters. The van der Waals surface area contributed by atoms with Crippen LogP contribution in [0.25, 0.3) is 0 Å². The maximum atomic E-state index is 12.4. The number of hydrogen-bond donors (Lipinski definition) is 2. The Bertz CT molecular complexity index is 884. The van der Waals surface area contributed by atoms with Crippen LogP contribution in [0.15, 0.2) is 48.5 Å². The summed E-state index contributed by atoms with van der Waals surface area (Å²) < 4.78 is 5.37. The molecule has 1 heterocycles. The third-order valence-electron chi connectivity index (χ3n) is 5.32. The van der Waals surface area contributed by atoms with Crippen LogP contribution in [-0.2, 0) is 9.59 Å². The van der Waals surface area contributed by atoms with E-state index in [2.05, 4.69) is 21.6 Å². The van der Waals surface area contributed by atoms with E-state index in [0.717, 1.165) is 35.7 Å². The van der Waals surface area contributed by atoms with Gasteiger partial charge in [0.2, 0.25) is 11.8 Å². The van der Waals surface area contributed by atoms with E-state index in [1.807, 2.05) is 49.4 Å². The molecule has 0 saturated carbocycles. The summed E-state index contributed by atoms with van der Waals surface area (Å²) in [6, 6.07) is 15.8. The number of hydrogen-bond acceptors (Lipinski definition) is 5. The lowest BCUT2D eigenvalue weighted by Crippen LogP contribution is -2.37. The Hall–Kier alpha value is -2.51. The highest BCUT2D eigenvalue weighted by atomic mass is 32.2. The molecule has 0 radical (unpaired) electrons. The monoisotopic (exact) mass is 441 g/mol. The van der Waals surface area contributed by atoms with Gasteiger partial charge in [-0.3, -0.25) is 14.5 Å². The summed E-state index contributed by atoms with van der Waals surface area (Å²) in [6.07, 6.45) is 2.36. The number of benzene rings is 2. The van der Waals surface area contributed by atoms with E-state index < -0.39 is 0 Å². The van der Waals surface area contributed by atoms with Crippen LogP contribution in [0.2, 0.25) is 0 Å². The lowest BCUT2D eigenvalue weighted by atomic mass is 10.0. The minimum absolute atomic E-state index is 0.0551. The Kier molecular flexibility index (Phi) is 8.79. The number of amides is 2. The van der Waals surface area contributed by atoms with Gasteiger partial charge in [-0.2, -0.15) is 0 Å². The summed E-state index contributed by atoms with van der Waals surface area (Å²) >= 11 is 1.32. The predicted molar refractivity (Wildman–Crippen MR) is 127 cm³/mol. The standard InChI is InChI=1S/C24H31N3O3S/c1-18-7-5-9-20(13-18)26-24(29)17-31-16-23(28)25-15-22(27-11-3-4-12-27)19-8-6-10-21(14-19)30-2/h5-10,13-14,22H,3-4,11-12,15-17H2,1-2H3,(H,25,28)(H,26,29). The molecule has 2 N–H and O–H groups in total. The maximum Gasteiger partial charge on any atom is 0.234 e. The molecule has 2 aromatic carbocycles. The minimum Gasteiger partial charge on any atom is -0.497 e. The van der Waals surface area contributed by atoms with E-state index in [9.17, 15) is 9.59 Å². The second-order valence-electron chi connectivity index (χ2n) is 7.75. The summed E-state index contributed by atoms with van der Waals surface area (Å²) in [7, 11) is 1.66. The quantitative estimate of drug-likeness (QED) is 0.589. The first-order valence-electron chi connectivity index (χ1n) is 10.6. The third kappa shape index (κ3) is 7.29. The van der Waals surface area contributed by atoms with Crippen LogP contribution in [0.3, 0.4) is 0 Å². The molecule has 0 aliphatic carbocycles. The molecule has 2 aromatic rings. The number of anilines is 1. The molecule has 0 spiro atoms. The molecular formula is C24H31N3O3S.